The second-order valence-corrected chi connectivity index (χ2v) is 8.10. The quantitative estimate of drug-likeness (QED) is 0.413. The largest absolute Gasteiger partial charge is 0.489 e. The summed E-state index contributed by atoms with van der Waals surface area (Å²) in [4.78, 5) is 4.59. The molecule has 5 heteroatoms. The molecule has 0 amide bonds. The van der Waals surface area contributed by atoms with Crippen molar-refractivity contribution in [2.75, 3.05) is 0 Å². The molecule has 2 aromatic carbocycles. The lowest BCUT2D eigenvalue weighted by Gasteiger charge is -2.25. The first-order valence-electron chi connectivity index (χ1n) is 10.9. The van der Waals surface area contributed by atoms with Crippen LogP contribution in [0.5, 0.6) is 5.75 Å². The minimum atomic E-state index is 0.426. The van der Waals surface area contributed by atoms with E-state index in [4.69, 9.17) is 4.74 Å². The van der Waals surface area contributed by atoms with Gasteiger partial charge >= 0.3 is 0 Å². The molecule has 5 rings (SSSR count). The van der Waals surface area contributed by atoms with Crippen LogP contribution in [0.1, 0.15) is 54.8 Å². The fourth-order valence-corrected chi connectivity index (χ4v) is 4.49. The Hall–Kier alpha value is -3.65. The molecule has 0 aliphatic heterocycles. The van der Waals surface area contributed by atoms with E-state index in [0.717, 1.165) is 35.3 Å². The normalized spacial score (nSPS) is 14.4. The maximum absolute atomic E-state index is 9.42. The Morgan fingerprint density at radius 1 is 0.968 bits per heavy atom. The van der Waals surface area contributed by atoms with Crippen LogP contribution in [0.25, 0.3) is 16.8 Å². The van der Waals surface area contributed by atoms with Gasteiger partial charge in [0.15, 0.2) is 5.65 Å². The summed E-state index contributed by atoms with van der Waals surface area (Å²) in [6.07, 6.45) is 9.56. The van der Waals surface area contributed by atoms with E-state index in [0.29, 0.717) is 23.7 Å². The monoisotopic (exact) mass is 408 g/mol. The highest BCUT2D eigenvalue weighted by Crippen LogP contribution is 2.38. The zero-order valence-electron chi connectivity index (χ0n) is 17.4. The lowest BCUT2D eigenvalue weighted by molar-refractivity contribution is 0.306. The number of hydrogen-bond acceptors (Lipinski definition) is 4. The van der Waals surface area contributed by atoms with Crippen molar-refractivity contribution < 1.29 is 4.74 Å². The summed E-state index contributed by atoms with van der Waals surface area (Å²) in [6, 6.07) is 20.6. The van der Waals surface area contributed by atoms with Gasteiger partial charge in [0.2, 0.25) is 0 Å². The Labute approximate surface area is 181 Å². The van der Waals surface area contributed by atoms with Gasteiger partial charge in [0, 0.05) is 17.7 Å². The molecule has 1 aliphatic carbocycles. The van der Waals surface area contributed by atoms with Crippen LogP contribution in [0, 0.1) is 11.3 Å². The number of ether oxygens (including phenoxy) is 1. The van der Waals surface area contributed by atoms with Crippen molar-refractivity contribution in [2.45, 2.75) is 44.6 Å². The molecule has 5 nitrogen and oxygen atoms in total. The lowest BCUT2D eigenvalue weighted by atomic mass is 9.84. The fourth-order valence-electron chi connectivity index (χ4n) is 4.49. The van der Waals surface area contributed by atoms with Crippen molar-refractivity contribution in [3.05, 3.63) is 83.8 Å². The Morgan fingerprint density at radius 2 is 1.74 bits per heavy atom. The Kier molecular flexibility index (Phi) is 5.37. The average Bonchev–Trinajstić information content (AvgIpc) is 3.27. The van der Waals surface area contributed by atoms with Gasteiger partial charge in [-0.25, -0.2) is 9.50 Å². The molecule has 0 unspecified atom stereocenters. The van der Waals surface area contributed by atoms with Gasteiger partial charge in [-0.15, -0.1) is 0 Å². The number of fused-ring (bicyclic) bond motifs is 1. The van der Waals surface area contributed by atoms with Gasteiger partial charge in [-0.2, -0.15) is 10.4 Å². The van der Waals surface area contributed by atoms with Crippen LogP contribution in [0.15, 0.2) is 67.0 Å². The number of hydrogen-bond donors (Lipinski definition) is 0. The van der Waals surface area contributed by atoms with Gasteiger partial charge in [-0.05, 0) is 36.1 Å². The van der Waals surface area contributed by atoms with Crippen LogP contribution in [0.3, 0.4) is 0 Å². The highest BCUT2D eigenvalue weighted by atomic mass is 16.5. The van der Waals surface area contributed by atoms with E-state index < -0.39 is 0 Å². The van der Waals surface area contributed by atoms with E-state index in [1.54, 1.807) is 6.20 Å². The molecular formula is C26H24N4O. The topological polar surface area (TPSA) is 63.2 Å². The second kappa shape index (κ2) is 8.61. The third-order valence-corrected chi connectivity index (χ3v) is 6.09. The predicted molar refractivity (Wildman–Crippen MR) is 120 cm³/mol. The molecule has 0 bridgehead atoms. The first-order valence-corrected chi connectivity index (χ1v) is 10.9. The van der Waals surface area contributed by atoms with E-state index in [9.17, 15) is 5.26 Å². The highest BCUT2D eigenvalue weighted by molar-refractivity contribution is 5.69. The van der Waals surface area contributed by atoms with Gasteiger partial charge in [0.1, 0.15) is 24.0 Å². The summed E-state index contributed by atoms with van der Waals surface area (Å²) >= 11 is 0. The molecule has 0 atom stereocenters. The average molecular weight is 409 g/mol. The molecule has 0 N–H and O–H groups in total. The minimum absolute atomic E-state index is 0.426. The van der Waals surface area contributed by atoms with E-state index in [1.807, 2.05) is 41.0 Å². The maximum Gasteiger partial charge on any atom is 0.173 e. The molecule has 0 radical (unpaired) electrons. The molecule has 1 saturated carbocycles. The first-order chi connectivity index (χ1) is 15.3. The Bertz CT molecular complexity index is 1220. The molecule has 2 aromatic heterocycles. The van der Waals surface area contributed by atoms with Gasteiger partial charge in [-0.1, -0.05) is 61.7 Å². The van der Waals surface area contributed by atoms with Crippen LogP contribution in [0.2, 0.25) is 0 Å². The van der Waals surface area contributed by atoms with Crippen LogP contribution < -0.4 is 4.74 Å². The molecule has 154 valence electrons. The standard InChI is InChI=1S/C26H24N4O/c27-15-22-16-29-30-25(21-9-5-2-6-10-21)24(17-28-26(22)30)20-11-13-23(14-12-20)31-18-19-7-3-1-4-8-19/h1,3-4,7-8,11-14,16-17,21H,2,5-6,9-10,18H2. The Morgan fingerprint density at radius 3 is 2.48 bits per heavy atom. The smallest absolute Gasteiger partial charge is 0.173 e. The molecule has 31 heavy (non-hydrogen) atoms. The first kappa shape index (κ1) is 19.3. The lowest BCUT2D eigenvalue weighted by Crippen LogP contribution is -2.12. The fraction of sp³-hybridized carbons (Fsp3) is 0.269. The molecule has 4 aromatic rings. The maximum atomic E-state index is 9.42. The number of aromatic nitrogens is 3. The van der Waals surface area contributed by atoms with Crippen molar-refractivity contribution in [1.82, 2.24) is 14.6 Å². The van der Waals surface area contributed by atoms with Crippen LogP contribution in [0.4, 0.5) is 0 Å². The zero-order valence-corrected chi connectivity index (χ0v) is 17.4. The summed E-state index contributed by atoms with van der Waals surface area (Å²) in [7, 11) is 0. The molecular weight excluding hydrogens is 384 g/mol. The Balaban J connectivity index is 1.48. The summed E-state index contributed by atoms with van der Waals surface area (Å²) in [5, 5.41) is 14.0. The third kappa shape index (κ3) is 3.89. The van der Waals surface area contributed by atoms with Gasteiger partial charge in [0.25, 0.3) is 0 Å². The van der Waals surface area contributed by atoms with Crippen molar-refractivity contribution in [2.24, 2.45) is 0 Å². The van der Waals surface area contributed by atoms with E-state index >= 15 is 0 Å². The molecule has 0 spiro atoms. The van der Waals surface area contributed by atoms with Crippen LogP contribution in [-0.2, 0) is 6.61 Å². The summed E-state index contributed by atoms with van der Waals surface area (Å²) in [6.45, 7) is 0.547. The van der Waals surface area contributed by atoms with Crippen molar-refractivity contribution in [3.63, 3.8) is 0 Å². The summed E-state index contributed by atoms with van der Waals surface area (Å²) < 4.78 is 7.84. The van der Waals surface area contributed by atoms with Crippen molar-refractivity contribution >= 4 is 5.65 Å². The highest BCUT2D eigenvalue weighted by Gasteiger charge is 2.24. The van der Waals surface area contributed by atoms with Gasteiger partial charge in [0.05, 0.1) is 11.9 Å². The second-order valence-electron chi connectivity index (χ2n) is 8.10. The number of nitriles is 1. The predicted octanol–water partition coefficient (Wildman–Crippen LogP) is 5.89. The van der Waals surface area contributed by atoms with Crippen molar-refractivity contribution in [3.8, 4) is 22.9 Å². The van der Waals surface area contributed by atoms with Crippen LogP contribution >= 0.6 is 0 Å². The summed E-state index contributed by atoms with van der Waals surface area (Å²) in [5.41, 5.74) is 5.66. The number of benzene rings is 2. The summed E-state index contributed by atoms with van der Waals surface area (Å²) in [5.74, 6) is 1.27. The van der Waals surface area contributed by atoms with Crippen molar-refractivity contribution in [1.29, 1.82) is 5.26 Å². The molecule has 1 fully saturated rings. The molecule has 0 saturated heterocycles. The number of nitrogens with zero attached hydrogens (tertiary/aromatic N) is 4. The minimum Gasteiger partial charge on any atom is -0.489 e. The van der Waals surface area contributed by atoms with E-state index in [-0.39, 0.29) is 0 Å². The van der Waals surface area contributed by atoms with E-state index in [1.165, 1.54) is 25.0 Å². The zero-order chi connectivity index (χ0) is 21.0. The molecule has 2 heterocycles. The third-order valence-electron chi connectivity index (χ3n) is 6.09. The van der Waals surface area contributed by atoms with Gasteiger partial charge in [-0.3, -0.25) is 0 Å². The van der Waals surface area contributed by atoms with Gasteiger partial charge < -0.3 is 4.74 Å². The number of rotatable bonds is 5. The SMILES string of the molecule is N#Cc1cnn2c(C3CCCCC3)c(-c3ccc(OCc4ccccc4)cc3)cnc12. The van der Waals surface area contributed by atoms with E-state index in [2.05, 4.69) is 40.4 Å². The van der Waals surface area contributed by atoms with Crippen LogP contribution in [-0.4, -0.2) is 14.6 Å². The molecule has 1 aliphatic rings.